The van der Waals surface area contributed by atoms with Crippen molar-refractivity contribution in [1.29, 1.82) is 0 Å². The molecule has 10 rings (SSSR count). The third-order valence-electron chi connectivity index (χ3n) is 10.6. The van der Waals surface area contributed by atoms with E-state index < -0.39 is 0 Å². The van der Waals surface area contributed by atoms with Gasteiger partial charge in [0.1, 0.15) is 5.58 Å². The summed E-state index contributed by atoms with van der Waals surface area (Å²) >= 11 is 0. The number of fused-ring (bicyclic) bond motifs is 10. The minimum Gasteiger partial charge on any atom is -0.422 e. The van der Waals surface area contributed by atoms with Crippen LogP contribution in [0.25, 0.3) is 82.6 Å². The summed E-state index contributed by atoms with van der Waals surface area (Å²) in [6.07, 6.45) is 0. The molecule has 0 atom stereocenters. The molecule has 49 heavy (non-hydrogen) atoms. The highest BCUT2D eigenvalue weighted by atomic mass is 16.4. The predicted molar refractivity (Wildman–Crippen MR) is 203 cm³/mol. The highest BCUT2D eigenvalue weighted by molar-refractivity contribution is 6.14. The fraction of sp³-hybridized carbons (Fsp3) is 0.0652. The third-order valence-corrected chi connectivity index (χ3v) is 10.6. The van der Waals surface area contributed by atoms with Crippen LogP contribution in [-0.4, -0.2) is 4.57 Å². The maximum Gasteiger partial charge on any atom is 0.344 e. The van der Waals surface area contributed by atoms with Gasteiger partial charge < -0.3 is 8.98 Å². The number of para-hydroxylation sites is 1. The summed E-state index contributed by atoms with van der Waals surface area (Å²) in [7, 11) is 0. The molecule has 0 N–H and O–H groups in total. The van der Waals surface area contributed by atoms with E-state index in [1.54, 1.807) is 0 Å². The average Bonchev–Trinajstić information content (AvgIpc) is 3.60. The summed E-state index contributed by atoms with van der Waals surface area (Å²) in [6, 6.07) is 53.1. The van der Waals surface area contributed by atoms with E-state index in [2.05, 4.69) is 140 Å². The molecule has 7 aromatic carbocycles. The van der Waals surface area contributed by atoms with Crippen LogP contribution < -0.4 is 5.63 Å². The molecule has 0 saturated carbocycles. The van der Waals surface area contributed by atoms with Crippen molar-refractivity contribution in [3.8, 4) is 39.1 Å². The lowest BCUT2D eigenvalue weighted by molar-refractivity contribution is 0.570. The lowest BCUT2D eigenvalue weighted by Gasteiger charge is -2.23. The second kappa shape index (κ2) is 10.2. The number of hydrogen-bond donors (Lipinski definition) is 0. The van der Waals surface area contributed by atoms with Gasteiger partial charge >= 0.3 is 5.63 Å². The molecular formula is C46H31NO2. The van der Waals surface area contributed by atoms with E-state index in [1.165, 1.54) is 38.5 Å². The maximum absolute atomic E-state index is 14.0. The highest BCUT2D eigenvalue weighted by Gasteiger charge is 2.38. The maximum atomic E-state index is 14.0. The normalized spacial score (nSPS) is 13.3. The first-order valence-corrected chi connectivity index (χ1v) is 16.8. The van der Waals surface area contributed by atoms with Crippen LogP contribution in [0.5, 0.6) is 0 Å². The molecule has 0 unspecified atom stereocenters. The molecule has 0 aliphatic heterocycles. The standard InChI is InChI=1S/C46H31NO2/c1-46(2)40-19-11-9-17-33(40)35-23-24-36-34-18-10-12-20-41(34)47(43(36)42(35)46)31-21-22-32-38-26-30(28-13-5-3-6-14-28)25-37(29-15-7-4-8-16-29)44(38)49-45(48)39(32)27-31/h3-27H,1-2H3. The largest absolute Gasteiger partial charge is 0.422 e. The number of aromatic nitrogens is 1. The lowest BCUT2D eigenvalue weighted by atomic mass is 9.81. The topological polar surface area (TPSA) is 35.1 Å². The minimum absolute atomic E-state index is 0.203. The van der Waals surface area contributed by atoms with E-state index in [1.807, 2.05) is 30.3 Å². The molecule has 9 aromatic rings. The smallest absolute Gasteiger partial charge is 0.344 e. The van der Waals surface area contributed by atoms with Crippen molar-refractivity contribution in [1.82, 2.24) is 4.57 Å². The first kappa shape index (κ1) is 27.9. The molecule has 0 fully saturated rings. The van der Waals surface area contributed by atoms with Crippen molar-refractivity contribution in [3.05, 3.63) is 173 Å². The fourth-order valence-corrected chi connectivity index (χ4v) is 8.37. The van der Waals surface area contributed by atoms with Crippen LogP contribution in [0.4, 0.5) is 0 Å². The van der Waals surface area contributed by atoms with E-state index in [4.69, 9.17) is 4.42 Å². The number of benzene rings is 7. The van der Waals surface area contributed by atoms with Crippen LogP contribution in [0, 0.1) is 0 Å². The molecule has 2 aromatic heterocycles. The van der Waals surface area contributed by atoms with Crippen LogP contribution in [0.15, 0.2) is 161 Å². The van der Waals surface area contributed by atoms with Gasteiger partial charge in [0.15, 0.2) is 0 Å². The summed E-state index contributed by atoms with van der Waals surface area (Å²) < 4.78 is 8.64. The fourth-order valence-electron chi connectivity index (χ4n) is 8.37. The van der Waals surface area contributed by atoms with E-state index in [0.29, 0.717) is 11.0 Å². The van der Waals surface area contributed by atoms with Crippen LogP contribution in [0.3, 0.4) is 0 Å². The Kier molecular flexibility index (Phi) is 5.78. The van der Waals surface area contributed by atoms with Crippen molar-refractivity contribution in [2.24, 2.45) is 0 Å². The van der Waals surface area contributed by atoms with Gasteiger partial charge in [-0.15, -0.1) is 0 Å². The first-order chi connectivity index (χ1) is 24.0. The Morgan fingerprint density at radius 3 is 2.02 bits per heavy atom. The Bertz CT molecular complexity index is 2860. The Balaban J connectivity index is 1.28. The number of nitrogens with zero attached hydrogens (tertiary/aromatic N) is 1. The molecule has 0 bridgehead atoms. The van der Waals surface area contributed by atoms with Gasteiger partial charge in [-0.05, 0) is 69.3 Å². The SMILES string of the molecule is CC1(C)c2ccccc2-c2ccc3c4ccccc4n(-c4ccc5c(c4)c(=O)oc4c(-c6ccccc6)cc(-c6ccccc6)cc45)c3c21. The van der Waals surface area contributed by atoms with E-state index in [0.717, 1.165) is 44.2 Å². The molecule has 1 aliphatic rings. The van der Waals surface area contributed by atoms with Crippen LogP contribution >= 0.6 is 0 Å². The second-order valence-electron chi connectivity index (χ2n) is 13.7. The van der Waals surface area contributed by atoms with E-state index in [9.17, 15) is 4.79 Å². The van der Waals surface area contributed by atoms with Crippen molar-refractivity contribution in [2.45, 2.75) is 19.3 Å². The summed E-state index contributed by atoms with van der Waals surface area (Å²) in [6.45, 7) is 4.66. The van der Waals surface area contributed by atoms with Gasteiger partial charge in [0, 0.05) is 38.2 Å². The molecule has 0 saturated heterocycles. The zero-order valence-electron chi connectivity index (χ0n) is 27.2. The molecule has 0 spiro atoms. The van der Waals surface area contributed by atoms with Gasteiger partial charge in [0.25, 0.3) is 0 Å². The molecule has 2 heterocycles. The van der Waals surface area contributed by atoms with Crippen molar-refractivity contribution in [2.75, 3.05) is 0 Å². The first-order valence-electron chi connectivity index (χ1n) is 16.8. The molecule has 1 aliphatic carbocycles. The van der Waals surface area contributed by atoms with Gasteiger partial charge in [-0.1, -0.05) is 135 Å². The molecular weight excluding hydrogens is 599 g/mol. The van der Waals surface area contributed by atoms with Crippen molar-refractivity contribution >= 4 is 43.5 Å². The Hall–Kier alpha value is -6.19. The summed E-state index contributed by atoms with van der Waals surface area (Å²) in [5, 5.41) is 4.76. The van der Waals surface area contributed by atoms with Gasteiger partial charge in [-0.2, -0.15) is 0 Å². The van der Waals surface area contributed by atoms with Gasteiger partial charge in [0.2, 0.25) is 0 Å². The van der Waals surface area contributed by atoms with Crippen LogP contribution in [-0.2, 0) is 5.41 Å². The number of hydrogen-bond acceptors (Lipinski definition) is 2. The van der Waals surface area contributed by atoms with Gasteiger partial charge in [-0.3, -0.25) is 0 Å². The lowest BCUT2D eigenvalue weighted by Crippen LogP contribution is -2.16. The zero-order valence-corrected chi connectivity index (χ0v) is 27.2. The summed E-state index contributed by atoms with van der Waals surface area (Å²) in [4.78, 5) is 14.0. The quantitative estimate of drug-likeness (QED) is 0.144. The van der Waals surface area contributed by atoms with Crippen molar-refractivity contribution < 1.29 is 4.42 Å². The van der Waals surface area contributed by atoms with Gasteiger partial charge in [-0.25, -0.2) is 4.79 Å². The molecule has 3 nitrogen and oxygen atoms in total. The van der Waals surface area contributed by atoms with Gasteiger partial charge in [0.05, 0.1) is 16.4 Å². The molecule has 0 radical (unpaired) electrons. The minimum atomic E-state index is -0.340. The second-order valence-corrected chi connectivity index (χ2v) is 13.7. The highest BCUT2D eigenvalue weighted by Crippen LogP contribution is 2.53. The van der Waals surface area contributed by atoms with E-state index >= 15 is 0 Å². The number of rotatable bonds is 3. The zero-order chi connectivity index (χ0) is 32.9. The summed E-state index contributed by atoms with van der Waals surface area (Å²) in [5.41, 5.74) is 12.6. The van der Waals surface area contributed by atoms with Crippen LogP contribution in [0.2, 0.25) is 0 Å². The Labute approximate surface area is 283 Å². The molecule has 3 heteroatoms. The molecule has 232 valence electrons. The Morgan fingerprint density at radius 2 is 1.20 bits per heavy atom. The summed E-state index contributed by atoms with van der Waals surface area (Å²) in [5.74, 6) is 0. The van der Waals surface area contributed by atoms with Crippen molar-refractivity contribution in [3.63, 3.8) is 0 Å². The van der Waals surface area contributed by atoms with E-state index in [-0.39, 0.29) is 11.0 Å². The third kappa shape index (κ3) is 3.93. The monoisotopic (exact) mass is 629 g/mol. The predicted octanol–water partition coefficient (Wildman–Crippen LogP) is 11.7. The average molecular weight is 630 g/mol. The van der Waals surface area contributed by atoms with Crippen LogP contribution in [0.1, 0.15) is 25.0 Å². The molecule has 0 amide bonds. The Morgan fingerprint density at radius 1 is 0.510 bits per heavy atom.